The number of nitrogens with zero attached hydrogens (tertiary/aromatic N) is 1. The first kappa shape index (κ1) is 15.3. The molecule has 0 bridgehead atoms. The molecule has 1 heterocycles. The summed E-state index contributed by atoms with van der Waals surface area (Å²) in [5.74, 6) is -1.54. The third kappa shape index (κ3) is 3.36. The minimum Gasteiger partial charge on any atom is -0.345 e. The lowest BCUT2D eigenvalue weighted by Gasteiger charge is -2.30. The first-order valence-electron chi connectivity index (χ1n) is 5.56. The quantitative estimate of drug-likeness (QED) is 0.731. The fourth-order valence-electron chi connectivity index (χ4n) is 1.64. The van der Waals surface area contributed by atoms with Gasteiger partial charge in [-0.15, -0.1) is 0 Å². The van der Waals surface area contributed by atoms with Gasteiger partial charge in [0.1, 0.15) is 18.6 Å². The minimum absolute atomic E-state index is 0.247. The molecule has 2 N–H and O–H groups in total. The number of urea groups is 1. The summed E-state index contributed by atoms with van der Waals surface area (Å²) in [5.41, 5.74) is -1.22. The van der Waals surface area contributed by atoms with Crippen molar-refractivity contribution in [3.05, 3.63) is 0 Å². The average molecular weight is 281 g/mol. The zero-order chi connectivity index (χ0) is 14.8. The molecule has 1 rings (SSSR count). The van der Waals surface area contributed by atoms with Crippen LogP contribution < -0.4 is 10.6 Å². The Labute approximate surface area is 107 Å². The van der Waals surface area contributed by atoms with Gasteiger partial charge in [-0.1, -0.05) is 6.92 Å². The number of amides is 4. The topological polar surface area (TPSA) is 78.5 Å². The van der Waals surface area contributed by atoms with E-state index < -0.39 is 42.7 Å². The Morgan fingerprint density at radius 2 is 2.00 bits per heavy atom. The van der Waals surface area contributed by atoms with Gasteiger partial charge in [-0.05, 0) is 13.3 Å². The number of halogens is 3. The molecule has 9 heteroatoms. The van der Waals surface area contributed by atoms with Crippen LogP contribution in [0.1, 0.15) is 20.3 Å². The molecular formula is C10H14F3N3O3. The molecule has 0 aromatic heterocycles. The first-order chi connectivity index (χ1) is 8.60. The number of carbonyl (C=O) groups is 3. The summed E-state index contributed by atoms with van der Waals surface area (Å²) in [5, 5.41) is 3.68. The Morgan fingerprint density at radius 1 is 1.42 bits per heavy atom. The highest BCUT2D eigenvalue weighted by atomic mass is 19.4. The molecule has 1 aliphatic heterocycles. The molecule has 1 unspecified atom stereocenters. The third-order valence-corrected chi connectivity index (χ3v) is 3.03. The van der Waals surface area contributed by atoms with Crippen LogP contribution in [0.5, 0.6) is 0 Å². The number of nitrogens with one attached hydrogen (secondary N) is 2. The Balaban J connectivity index is 2.67. The highest BCUT2D eigenvalue weighted by Crippen LogP contribution is 2.24. The van der Waals surface area contributed by atoms with E-state index in [0.717, 1.165) is 4.90 Å². The van der Waals surface area contributed by atoms with E-state index in [0.29, 0.717) is 0 Å². The SMILES string of the molecule is CCC1(C)C(=O)NC(=O)N1CC(=O)NCC(F)(F)F. The fourth-order valence-corrected chi connectivity index (χ4v) is 1.64. The van der Waals surface area contributed by atoms with Crippen molar-refractivity contribution in [2.45, 2.75) is 32.0 Å². The van der Waals surface area contributed by atoms with Crippen molar-refractivity contribution < 1.29 is 27.6 Å². The van der Waals surface area contributed by atoms with Gasteiger partial charge in [-0.3, -0.25) is 14.9 Å². The molecule has 0 radical (unpaired) electrons. The number of imide groups is 1. The molecule has 0 spiro atoms. The Hall–Kier alpha value is -1.80. The smallest absolute Gasteiger partial charge is 0.345 e. The van der Waals surface area contributed by atoms with Gasteiger partial charge >= 0.3 is 12.2 Å². The van der Waals surface area contributed by atoms with Crippen LogP contribution in [0.3, 0.4) is 0 Å². The fraction of sp³-hybridized carbons (Fsp3) is 0.700. The normalized spacial score (nSPS) is 23.5. The predicted octanol–water partition coefficient (Wildman–Crippen LogP) is 0.385. The molecule has 19 heavy (non-hydrogen) atoms. The Bertz CT molecular complexity index is 411. The molecule has 0 aromatic rings. The molecule has 1 fully saturated rings. The summed E-state index contributed by atoms with van der Waals surface area (Å²) in [4.78, 5) is 35.3. The van der Waals surface area contributed by atoms with Crippen LogP contribution >= 0.6 is 0 Å². The minimum atomic E-state index is -4.52. The van der Waals surface area contributed by atoms with Gasteiger partial charge in [0, 0.05) is 0 Å². The second-order valence-corrected chi connectivity index (χ2v) is 4.36. The van der Waals surface area contributed by atoms with Crippen molar-refractivity contribution in [2.24, 2.45) is 0 Å². The van der Waals surface area contributed by atoms with E-state index in [4.69, 9.17) is 0 Å². The summed E-state index contributed by atoms with van der Waals surface area (Å²) < 4.78 is 35.8. The van der Waals surface area contributed by atoms with E-state index in [1.807, 2.05) is 5.32 Å². The van der Waals surface area contributed by atoms with E-state index in [-0.39, 0.29) is 6.42 Å². The summed E-state index contributed by atoms with van der Waals surface area (Å²) >= 11 is 0. The van der Waals surface area contributed by atoms with Crippen LogP contribution in [0.15, 0.2) is 0 Å². The molecule has 1 saturated heterocycles. The van der Waals surface area contributed by atoms with Gasteiger partial charge in [-0.25, -0.2) is 4.79 Å². The number of hydrogen-bond acceptors (Lipinski definition) is 3. The van der Waals surface area contributed by atoms with Crippen LogP contribution in [0.25, 0.3) is 0 Å². The van der Waals surface area contributed by atoms with Crippen molar-refractivity contribution in [3.8, 4) is 0 Å². The van der Waals surface area contributed by atoms with Crippen molar-refractivity contribution in [1.29, 1.82) is 0 Å². The highest BCUT2D eigenvalue weighted by Gasteiger charge is 2.48. The number of rotatable bonds is 4. The van der Waals surface area contributed by atoms with E-state index in [9.17, 15) is 27.6 Å². The maximum Gasteiger partial charge on any atom is 0.405 e. The van der Waals surface area contributed by atoms with Gasteiger partial charge in [0.15, 0.2) is 0 Å². The van der Waals surface area contributed by atoms with Crippen LogP contribution in [0.4, 0.5) is 18.0 Å². The summed E-state index contributed by atoms with van der Waals surface area (Å²) in [6, 6.07) is -0.781. The molecular weight excluding hydrogens is 267 g/mol. The van der Waals surface area contributed by atoms with Crippen LogP contribution in [0, 0.1) is 0 Å². The molecule has 4 amide bonds. The zero-order valence-electron chi connectivity index (χ0n) is 10.4. The molecule has 108 valence electrons. The maximum absolute atomic E-state index is 11.9. The van der Waals surface area contributed by atoms with Gasteiger partial charge in [0.05, 0.1) is 0 Å². The van der Waals surface area contributed by atoms with Crippen molar-refractivity contribution in [3.63, 3.8) is 0 Å². The zero-order valence-corrected chi connectivity index (χ0v) is 10.4. The lowest BCUT2D eigenvalue weighted by molar-refractivity contribution is -0.139. The number of carbonyl (C=O) groups excluding carboxylic acids is 3. The van der Waals surface area contributed by atoms with Crippen molar-refractivity contribution in [2.75, 3.05) is 13.1 Å². The van der Waals surface area contributed by atoms with Crippen molar-refractivity contribution in [1.82, 2.24) is 15.5 Å². The maximum atomic E-state index is 11.9. The number of hydrogen-bond donors (Lipinski definition) is 2. The third-order valence-electron chi connectivity index (χ3n) is 3.03. The Morgan fingerprint density at radius 3 is 2.47 bits per heavy atom. The first-order valence-corrected chi connectivity index (χ1v) is 5.56. The van der Waals surface area contributed by atoms with Gasteiger partial charge in [-0.2, -0.15) is 13.2 Å². The lowest BCUT2D eigenvalue weighted by atomic mass is 9.97. The molecule has 1 atom stereocenters. The van der Waals surface area contributed by atoms with Crippen molar-refractivity contribution >= 4 is 17.8 Å². The highest BCUT2D eigenvalue weighted by molar-refractivity contribution is 6.07. The largest absolute Gasteiger partial charge is 0.405 e. The lowest BCUT2D eigenvalue weighted by Crippen LogP contribution is -2.51. The van der Waals surface area contributed by atoms with E-state index >= 15 is 0 Å². The standard InChI is InChI=1S/C10H14F3N3O3/c1-3-9(2)7(18)15-8(19)16(9)4-6(17)14-5-10(11,12)13/h3-5H2,1-2H3,(H,14,17)(H,15,18,19). The second-order valence-electron chi connectivity index (χ2n) is 4.36. The summed E-state index contributed by atoms with van der Waals surface area (Å²) in [7, 11) is 0. The second kappa shape index (κ2) is 5.06. The number of alkyl halides is 3. The summed E-state index contributed by atoms with van der Waals surface area (Å²) in [6.07, 6.45) is -4.27. The van der Waals surface area contributed by atoms with Gasteiger partial charge < -0.3 is 10.2 Å². The molecule has 0 aromatic carbocycles. The average Bonchev–Trinajstić information content (AvgIpc) is 2.50. The molecule has 1 aliphatic rings. The monoisotopic (exact) mass is 281 g/mol. The summed E-state index contributed by atoms with van der Waals surface area (Å²) in [6.45, 7) is 1.01. The van der Waals surface area contributed by atoms with Gasteiger partial charge in [0.2, 0.25) is 5.91 Å². The molecule has 0 aliphatic carbocycles. The molecule has 0 saturated carbocycles. The predicted molar refractivity (Wildman–Crippen MR) is 58.0 cm³/mol. The van der Waals surface area contributed by atoms with Crippen LogP contribution in [0.2, 0.25) is 0 Å². The van der Waals surface area contributed by atoms with E-state index in [1.165, 1.54) is 6.92 Å². The van der Waals surface area contributed by atoms with Crippen LogP contribution in [-0.2, 0) is 9.59 Å². The molecule has 6 nitrogen and oxygen atoms in total. The van der Waals surface area contributed by atoms with E-state index in [2.05, 4.69) is 0 Å². The Kier molecular flexibility index (Phi) is 4.06. The van der Waals surface area contributed by atoms with E-state index in [1.54, 1.807) is 12.2 Å². The van der Waals surface area contributed by atoms with Crippen LogP contribution in [-0.4, -0.2) is 47.6 Å². The van der Waals surface area contributed by atoms with Gasteiger partial charge in [0.25, 0.3) is 5.91 Å².